The predicted molar refractivity (Wildman–Crippen MR) is 162 cm³/mol. The van der Waals surface area contributed by atoms with Gasteiger partial charge in [0.15, 0.2) is 5.78 Å². The number of aryl methyl sites for hydroxylation is 1. The van der Waals surface area contributed by atoms with Gasteiger partial charge in [0.05, 0.1) is 24.7 Å². The van der Waals surface area contributed by atoms with Crippen LogP contribution in [0, 0.1) is 30.6 Å². The molecule has 1 heterocycles. The van der Waals surface area contributed by atoms with Gasteiger partial charge in [-0.25, -0.2) is 0 Å². The second kappa shape index (κ2) is 11.0. The summed E-state index contributed by atoms with van der Waals surface area (Å²) in [5, 5.41) is 11.1. The van der Waals surface area contributed by atoms with Crippen LogP contribution in [0.25, 0.3) is 0 Å². The summed E-state index contributed by atoms with van der Waals surface area (Å²) in [6.07, 6.45) is 1.04. The average molecular weight is 568 g/mol. The number of hydrogen-bond donors (Lipinski definition) is 1. The number of ether oxygens (including phenoxy) is 2. The van der Waals surface area contributed by atoms with Crippen molar-refractivity contribution in [3.63, 3.8) is 0 Å². The van der Waals surface area contributed by atoms with Gasteiger partial charge in [-0.2, -0.15) is 5.26 Å². The summed E-state index contributed by atoms with van der Waals surface area (Å²) in [6.45, 7) is 8.56. The molecule has 6 nitrogen and oxygen atoms in total. The number of carbonyl (C=O) groups is 1. The zero-order chi connectivity index (χ0) is 29.5. The number of ketones is 1. The van der Waals surface area contributed by atoms with Gasteiger partial charge in [-0.1, -0.05) is 43.1 Å². The molecule has 0 radical (unpaired) electrons. The van der Waals surface area contributed by atoms with Gasteiger partial charge in [0.2, 0.25) is 0 Å². The van der Waals surface area contributed by atoms with Crippen molar-refractivity contribution in [3.8, 4) is 17.6 Å². The molecule has 0 saturated carbocycles. The van der Waals surface area contributed by atoms with Crippen molar-refractivity contribution >= 4 is 23.1 Å². The number of methoxy groups -OCH3 is 1. The molecule has 5 rings (SSSR count). The zero-order valence-electron chi connectivity index (χ0n) is 24.0. The Kier molecular flexibility index (Phi) is 7.59. The Morgan fingerprint density at radius 3 is 2.34 bits per heavy atom. The van der Waals surface area contributed by atoms with Gasteiger partial charge in [0, 0.05) is 28.4 Å². The van der Waals surface area contributed by atoms with E-state index in [1.807, 2.05) is 55.1 Å². The van der Waals surface area contributed by atoms with Gasteiger partial charge >= 0.3 is 0 Å². The highest BCUT2D eigenvalue weighted by molar-refractivity contribution is 6.30. The Hall–Kier alpha value is -4.21. The third-order valence-corrected chi connectivity index (χ3v) is 8.18. The van der Waals surface area contributed by atoms with Crippen LogP contribution in [0.3, 0.4) is 0 Å². The van der Waals surface area contributed by atoms with E-state index in [1.165, 1.54) is 0 Å². The molecule has 41 heavy (non-hydrogen) atoms. The molecule has 2 N–H and O–H groups in total. The Morgan fingerprint density at radius 2 is 1.71 bits per heavy atom. The Morgan fingerprint density at radius 1 is 1.05 bits per heavy atom. The van der Waals surface area contributed by atoms with Crippen molar-refractivity contribution in [1.82, 2.24) is 0 Å². The van der Waals surface area contributed by atoms with E-state index in [2.05, 4.69) is 32.0 Å². The topological polar surface area (TPSA) is 88.6 Å². The van der Waals surface area contributed by atoms with E-state index in [1.54, 1.807) is 19.2 Å². The first-order valence-corrected chi connectivity index (χ1v) is 14.0. The lowest BCUT2D eigenvalue weighted by Gasteiger charge is -2.44. The molecule has 1 aliphatic carbocycles. The number of Topliss-reactive ketones (excluding diaryl/α,β-unsaturated/α-hetero) is 1. The second-order valence-corrected chi connectivity index (χ2v) is 12.0. The number of nitrogens with two attached hydrogens (primary N) is 1. The first-order chi connectivity index (χ1) is 19.5. The first kappa shape index (κ1) is 28.3. The highest BCUT2D eigenvalue weighted by Crippen LogP contribution is 2.51. The minimum atomic E-state index is -0.568. The average Bonchev–Trinajstić information content (AvgIpc) is 2.93. The second-order valence-electron chi connectivity index (χ2n) is 11.6. The lowest BCUT2D eigenvalue weighted by molar-refractivity contribution is -0.118. The number of benzene rings is 3. The maximum atomic E-state index is 14.0. The number of hydrogen-bond acceptors (Lipinski definition) is 6. The summed E-state index contributed by atoms with van der Waals surface area (Å²) >= 11 is 6.18. The monoisotopic (exact) mass is 567 g/mol. The highest BCUT2D eigenvalue weighted by atomic mass is 35.5. The quantitative estimate of drug-likeness (QED) is 0.332. The summed E-state index contributed by atoms with van der Waals surface area (Å²) in [4.78, 5) is 15.8. The van der Waals surface area contributed by atoms with Crippen molar-refractivity contribution in [2.24, 2.45) is 11.1 Å². The number of nitrogens with zero attached hydrogens (tertiary/aromatic N) is 2. The molecule has 0 spiro atoms. The van der Waals surface area contributed by atoms with Crippen LogP contribution in [0.5, 0.6) is 11.5 Å². The molecule has 210 valence electrons. The first-order valence-electron chi connectivity index (χ1n) is 13.6. The van der Waals surface area contributed by atoms with Gasteiger partial charge < -0.3 is 15.2 Å². The summed E-state index contributed by atoms with van der Waals surface area (Å²) in [5.41, 5.74) is 13.1. The van der Waals surface area contributed by atoms with Crippen LogP contribution < -0.4 is 20.1 Å². The number of carbonyl (C=O) groups excluding carboxylic acids is 1. The predicted octanol–water partition coefficient (Wildman–Crippen LogP) is 7.49. The zero-order valence-corrected chi connectivity index (χ0v) is 24.8. The van der Waals surface area contributed by atoms with Crippen molar-refractivity contribution < 1.29 is 14.3 Å². The van der Waals surface area contributed by atoms with Gasteiger partial charge in [-0.15, -0.1) is 0 Å². The highest BCUT2D eigenvalue weighted by Gasteiger charge is 2.45. The van der Waals surface area contributed by atoms with Crippen LogP contribution in [-0.2, 0) is 11.4 Å². The van der Waals surface area contributed by atoms with Gasteiger partial charge in [0.25, 0.3) is 0 Å². The third-order valence-electron chi connectivity index (χ3n) is 7.93. The van der Waals surface area contributed by atoms with E-state index >= 15 is 0 Å². The molecule has 0 saturated heterocycles. The summed E-state index contributed by atoms with van der Waals surface area (Å²) < 4.78 is 11.4. The fraction of sp³-hybridized carbons (Fsp3) is 0.294. The summed E-state index contributed by atoms with van der Waals surface area (Å²) in [5.74, 6) is 1.29. The molecule has 3 aromatic carbocycles. The fourth-order valence-corrected chi connectivity index (χ4v) is 6.08. The van der Waals surface area contributed by atoms with Crippen LogP contribution in [0.1, 0.15) is 54.9 Å². The van der Waals surface area contributed by atoms with E-state index in [0.717, 1.165) is 45.1 Å². The number of anilines is 1. The van der Waals surface area contributed by atoms with Crippen LogP contribution in [-0.4, -0.2) is 12.9 Å². The minimum absolute atomic E-state index is 0.0393. The molecule has 0 fully saturated rings. The Bertz CT molecular complexity index is 1610. The lowest BCUT2D eigenvalue weighted by atomic mass is 9.68. The van der Waals surface area contributed by atoms with E-state index < -0.39 is 5.92 Å². The number of rotatable bonds is 6. The molecular formula is C34H34ClN3O3. The van der Waals surface area contributed by atoms with Crippen LogP contribution >= 0.6 is 11.6 Å². The molecule has 1 aliphatic heterocycles. The van der Waals surface area contributed by atoms with Crippen molar-refractivity contribution in [1.29, 1.82) is 5.26 Å². The molecule has 1 unspecified atom stereocenters. The van der Waals surface area contributed by atoms with E-state index in [-0.39, 0.29) is 11.2 Å². The number of allylic oxidation sites excluding steroid dienone is 3. The molecular weight excluding hydrogens is 534 g/mol. The van der Waals surface area contributed by atoms with E-state index in [0.29, 0.717) is 41.4 Å². The smallest absolute Gasteiger partial charge is 0.162 e. The van der Waals surface area contributed by atoms with Crippen molar-refractivity contribution in [2.45, 2.75) is 53.1 Å². The molecule has 3 aromatic rings. The Balaban J connectivity index is 1.63. The Labute approximate surface area is 246 Å². The standard InChI is InChI=1S/C34H34ClN3O3/c1-20-14-22(19-41-26-12-10-25(40-5)11-13-26)21(2)27(15-20)31-28(18-36)33(37)38(24-8-6-23(35)7-9-24)29-16-34(3,4)17-30(39)32(29)31/h6-15,31H,16-17,19,37H2,1-5H3. The minimum Gasteiger partial charge on any atom is -0.497 e. The molecule has 7 heteroatoms. The van der Waals surface area contributed by atoms with Crippen LogP contribution in [0.2, 0.25) is 5.02 Å². The fourth-order valence-electron chi connectivity index (χ4n) is 5.95. The number of halogens is 1. The van der Waals surface area contributed by atoms with E-state index in [9.17, 15) is 10.1 Å². The maximum absolute atomic E-state index is 14.0. The summed E-state index contributed by atoms with van der Waals surface area (Å²) in [7, 11) is 1.63. The van der Waals surface area contributed by atoms with Crippen LogP contribution in [0.15, 0.2) is 83.3 Å². The van der Waals surface area contributed by atoms with Gasteiger partial charge in [-0.05, 0) is 90.9 Å². The third kappa shape index (κ3) is 5.42. The molecule has 2 aliphatic rings. The summed E-state index contributed by atoms with van der Waals surface area (Å²) in [6, 6.07) is 21.3. The van der Waals surface area contributed by atoms with Gasteiger partial charge in [0.1, 0.15) is 23.9 Å². The largest absolute Gasteiger partial charge is 0.497 e. The van der Waals surface area contributed by atoms with Crippen molar-refractivity contribution in [3.05, 3.63) is 111 Å². The number of nitriles is 1. The van der Waals surface area contributed by atoms with Crippen molar-refractivity contribution in [2.75, 3.05) is 12.0 Å². The molecule has 0 aromatic heterocycles. The van der Waals surface area contributed by atoms with Crippen LogP contribution in [0.4, 0.5) is 5.69 Å². The molecule has 0 bridgehead atoms. The molecule has 1 atom stereocenters. The molecule has 0 amide bonds. The normalized spacial score (nSPS) is 18.2. The van der Waals surface area contributed by atoms with E-state index in [4.69, 9.17) is 26.8 Å². The SMILES string of the molecule is COc1ccc(OCc2cc(C)cc(C3C(C#N)=C(N)N(c4ccc(Cl)cc4)C4=C3C(=O)CC(C)(C)C4)c2C)cc1. The lowest BCUT2D eigenvalue weighted by Crippen LogP contribution is -2.42. The van der Waals surface area contributed by atoms with Gasteiger partial charge in [-0.3, -0.25) is 9.69 Å². The maximum Gasteiger partial charge on any atom is 0.162 e.